The van der Waals surface area contributed by atoms with Crippen LogP contribution in [0.25, 0.3) is 22.4 Å². The van der Waals surface area contributed by atoms with Crippen molar-refractivity contribution in [1.82, 2.24) is 14.8 Å². The van der Waals surface area contributed by atoms with Crippen molar-refractivity contribution in [2.45, 2.75) is 45.6 Å². The quantitative estimate of drug-likeness (QED) is 0.451. The fraction of sp³-hybridized carbons (Fsp3) is 0.444. The molecular weight excluding hydrogens is 430 g/mol. The first kappa shape index (κ1) is 24.0. The number of methoxy groups -OCH3 is 1. The maximum absolute atomic E-state index is 10.7. The Kier molecular flexibility index (Phi) is 7.95. The lowest BCUT2D eigenvalue weighted by Gasteiger charge is -2.28. The summed E-state index contributed by atoms with van der Waals surface area (Å²) in [5, 5.41) is 13.9. The summed E-state index contributed by atoms with van der Waals surface area (Å²) in [6.07, 6.45) is 6.98. The molecule has 7 nitrogen and oxygen atoms in total. The summed E-state index contributed by atoms with van der Waals surface area (Å²) < 4.78 is 12.9. The summed E-state index contributed by atoms with van der Waals surface area (Å²) >= 11 is 0. The van der Waals surface area contributed by atoms with Gasteiger partial charge in [0.05, 0.1) is 13.7 Å². The number of hydrogen-bond acceptors (Lipinski definition) is 5. The van der Waals surface area contributed by atoms with E-state index in [0.717, 1.165) is 61.0 Å². The molecule has 34 heavy (non-hydrogen) atoms. The van der Waals surface area contributed by atoms with Gasteiger partial charge < -0.3 is 14.6 Å². The zero-order valence-corrected chi connectivity index (χ0v) is 19.9. The normalized spacial score (nSPS) is 18.1. The molecule has 0 radical (unpaired) electrons. The van der Waals surface area contributed by atoms with Gasteiger partial charge in [0.15, 0.2) is 0 Å². The lowest BCUT2D eigenvalue weighted by molar-refractivity contribution is -0.142. The van der Waals surface area contributed by atoms with E-state index in [1.165, 1.54) is 5.69 Å². The number of rotatable bonds is 10. The molecule has 1 aliphatic rings. The predicted molar refractivity (Wildman–Crippen MR) is 131 cm³/mol. The monoisotopic (exact) mass is 463 g/mol. The van der Waals surface area contributed by atoms with E-state index in [0.29, 0.717) is 24.3 Å². The Labute approximate surface area is 200 Å². The van der Waals surface area contributed by atoms with Crippen molar-refractivity contribution >= 4 is 5.97 Å². The highest BCUT2D eigenvalue weighted by Crippen LogP contribution is 2.37. The largest absolute Gasteiger partial charge is 0.481 e. The van der Waals surface area contributed by atoms with E-state index in [-0.39, 0.29) is 6.61 Å². The Hall–Kier alpha value is -3.19. The molecule has 0 amide bonds. The van der Waals surface area contributed by atoms with Gasteiger partial charge in [-0.15, -0.1) is 0 Å². The topological polar surface area (TPSA) is 86.5 Å². The molecule has 2 aromatic heterocycles. The van der Waals surface area contributed by atoms with Crippen molar-refractivity contribution in [1.29, 1.82) is 0 Å². The summed E-state index contributed by atoms with van der Waals surface area (Å²) in [6.45, 7) is 3.39. The third-order valence-electron chi connectivity index (χ3n) is 6.65. The van der Waals surface area contributed by atoms with Crippen molar-refractivity contribution in [2.24, 2.45) is 11.8 Å². The SMILES string of the molecule is CCc1c(-c2ccnc(OC)c2)c(-c2ccccc2)nn1C[C@H]1CC[C@@H](COCC(=O)O)CC1. The Morgan fingerprint density at radius 3 is 2.50 bits per heavy atom. The number of pyridine rings is 1. The number of ether oxygens (including phenoxy) is 2. The number of nitrogens with zero attached hydrogens (tertiary/aromatic N) is 3. The molecule has 0 unspecified atom stereocenters. The van der Waals surface area contributed by atoms with E-state index >= 15 is 0 Å². The van der Waals surface area contributed by atoms with Gasteiger partial charge in [-0.1, -0.05) is 37.3 Å². The zero-order valence-electron chi connectivity index (χ0n) is 19.9. The Bertz CT molecular complexity index is 1090. The fourth-order valence-electron chi connectivity index (χ4n) is 4.92. The van der Waals surface area contributed by atoms with E-state index in [1.807, 2.05) is 30.3 Å². The van der Waals surface area contributed by atoms with Crippen LogP contribution in [0.2, 0.25) is 0 Å². The van der Waals surface area contributed by atoms with Crippen molar-refractivity contribution in [3.63, 3.8) is 0 Å². The van der Waals surface area contributed by atoms with Gasteiger partial charge in [-0.2, -0.15) is 5.10 Å². The molecule has 1 fully saturated rings. The molecule has 2 heterocycles. The van der Waals surface area contributed by atoms with E-state index < -0.39 is 5.97 Å². The van der Waals surface area contributed by atoms with Crippen molar-refractivity contribution in [3.05, 3.63) is 54.4 Å². The summed E-state index contributed by atoms with van der Waals surface area (Å²) in [6, 6.07) is 14.3. The number of carbonyl (C=O) groups is 1. The van der Waals surface area contributed by atoms with Gasteiger partial charge in [0.1, 0.15) is 12.3 Å². The molecule has 1 aromatic carbocycles. The summed E-state index contributed by atoms with van der Waals surface area (Å²) in [7, 11) is 1.64. The van der Waals surface area contributed by atoms with E-state index in [1.54, 1.807) is 13.3 Å². The molecule has 3 aromatic rings. The van der Waals surface area contributed by atoms with Gasteiger partial charge in [-0.3, -0.25) is 4.68 Å². The number of aromatic nitrogens is 3. The molecule has 0 saturated heterocycles. The first-order valence-electron chi connectivity index (χ1n) is 12.0. The Balaban J connectivity index is 1.58. The summed E-state index contributed by atoms with van der Waals surface area (Å²) in [5.41, 5.74) is 5.51. The second kappa shape index (κ2) is 11.3. The van der Waals surface area contributed by atoms with Gasteiger partial charge in [0, 0.05) is 35.6 Å². The number of carboxylic acids is 1. The van der Waals surface area contributed by atoms with Crippen molar-refractivity contribution in [3.8, 4) is 28.3 Å². The van der Waals surface area contributed by atoms with Crippen LogP contribution in [0.15, 0.2) is 48.7 Å². The average molecular weight is 464 g/mol. The van der Waals surface area contributed by atoms with Crippen LogP contribution < -0.4 is 4.74 Å². The molecule has 1 aliphatic carbocycles. The highest BCUT2D eigenvalue weighted by Gasteiger charge is 2.25. The minimum atomic E-state index is -0.906. The van der Waals surface area contributed by atoms with Gasteiger partial charge in [-0.05, 0) is 55.6 Å². The number of carboxylic acid groups (broad SMARTS) is 1. The van der Waals surface area contributed by atoms with Crippen LogP contribution in [0.1, 0.15) is 38.3 Å². The smallest absolute Gasteiger partial charge is 0.329 e. The maximum atomic E-state index is 10.7. The second-order valence-electron chi connectivity index (χ2n) is 8.95. The molecule has 1 N–H and O–H groups in total. The lowest BCUT2D eigenvalue weighted by Crippen LogP contribution is -2.23. The molecule has 180 valence electrons. The second-order valence-corrected chi connectivity index (χ2v) is 8.95. The van der Waals surface area contributed by atoms with Crippen LogP contribution in [0, 0.1) is 11.8 Å². The predicted octanol–water partition coefficient (Wildman–Crippen LogP) is 5.09. The third kappa shape index (κ3) is 5.65. The minimum absolute atomic E-state index is 0.210. The van der Waals surface area contributed by atoms with Crippen molar-refractivity contribution in [2.75, 3.05) is 20.3 Å². The van der Waals surface area contributed by atoms with Crippen LogP contribution in [0.4, 0.5) is 0 Å². The Morgan fingerprint density at radius 1 is 1.09 bits per heavy atom. The molecule has 0 bridgehead atoms. The van der Waals surface area contributed by atoms with Crippen LogP contribution in [-0.2, 0) is 22.5 Å². The van der Waals surface area contributed by atoms with Crippen LogP contribution in [-0.4, -0.2) is 46.2 Å². The fourth-order valence-corrected chi connectivity index (χ4v) is 4.92. The molecule has 0 atom stereocenters. The third-order valence-corrected chi connectivity index (χ3v) is 6.65. The number of hydrogen-bond donors (Lipinski definition) is 1. The highest BCUT2D eigenvalue weighted by molar-refractivity contribution is 5.83. The van der Waals surface area contributed by atoms with E-state index in [4.69, 9.17) is 19.7 Å². The van der Waals surface area contributed by atoms with Gasteiger partial charge >= 0.3 is 5.97 Å². The summed E-state index contributed by atoms with van der Waals surface area (Å²) in [4.78, 5) is 15.0. The highest BCUT2D eigenvalue weighted by atomic mass is 16.5. The summed E-state index contributed by atoms with van der Waals surface area (Å²) in [5.74, 6) is 0.675. The Morgan fingerprint density at radius 2 is 1.82 bits per heavy atom. The molecule has 0 spiro atoms. The first-order valence-corrected chi connectivity index (χ1v) is 12.0. The van der Waals surface area contributed by atoms with Crippen LogP contribution in [0.5, 0.6) is 5.88 Å². The average Bonchev–Trinajstić information content (AvgIpc) is 3.23. The molecule has 0 aliphatic heterocycles. The molecule has 1 saturated carbocycles. The maximum Gasteiger partial charge on any atom is 0.329 e. The van der Waals surface area contributed by atoms with Crippen LogP contribution in [0.3, 0.4) is 0 Å². The first-order chi connectivity index (χ1) is 16.6. The number of benzene rings is 1. The molecule has 7 heteroatoms. The van der Waals surface area contributed by atoms with Gasteiger partial charge in [0.25, 0.3) is 0 Å². The van der Waals surface area contributed by atoms with Crippen LogP contribution >= 0.6 is 0 Å². The lowest BCUT2D eigenvalue weighted by atomic mass is 9.82. The van der Waals surface area contributed by atoms with E-state index in [2.05, 4.69) is 28.7 Å². The number of aliphatic carboxylic acids is 1. The van der Waals surface area contributed by atoms with E-state index in [9.17, 15) is 4.79 Å². The van der Waals surface area contributed by atoms with Crippen molar-refractivity contribution < 1.29 is 19.4 Å². The van der Waals surface area contributed by atoms with Gasteiger partial charge in [0.2, 0.25) is 5.88 Å². The molecule has 4 rings (SSSR count). The molecular formula is C27H33N3O4. The van der Waals surface area contributed by atoms with Gasteiger partial charge in [-0.25, -0.2) is 9.78 Å². The standard InChI is InChI=1S/C27H33N3O4/c1-3-23-26(22-13-14-28-24(15-22)33-2)27(21-7-5-4-6-8-21)29-30(23)16-19-9-11-20(12-10-19)17-34-18-25(31)32/h4-8,13-15,19-20H,3,9-12,16-18H2,1-2H3,(H,31,32)/t19-,20+. The minimum Gasteiger partial charge on any atom is -0.481 e. The zero-order chi connectivity index (χ0) is 23.9.